The number of carboxylic acids is 1. The minimum Gasteiger partial charge on any atom is -0.480 e. The van der Waals surface area contributed by atoms with Crippen molar-refractivity contribution in [2.24, 2.45) is 5.41 Å². The average Bonchev–Trinajstić information content (AvgIpc) is 2.36. The van der Waals surface area contributed by atoms with Crippen molar-refractivity contribution in [1.29, 1.82) is 0 Å². The molecule has 6 heteroatoms. The number of anilines is 1. The summed E-state index contributed by atoms with van der Waals surface area (Å²) < 4.78 is 0. The Balaban J connectivity index is 2.18. The topological polar surface area (TPSA) is 69.6 Å². The van der Waals surface area contributed by atoms with Crippen LogP contribution < -0.4 is 5.32 Å². The van der Waals surface area contributed by atoms with E-state index in [9.17, 15) is 14.7 Å². The maximum absolute atomic E-state index is 12.4. The highest BCUT2D eigenvalue weighted by molar-refractivity contribution is 6.30. The summed E-state index contributed by atoms with van der Waals surface area (Å²) in [5.41, 5.74) is 0.107. The number of carbonyl (C=O) groups is 2. The monoisotopic (exact) mass is 310 g/mol. The molecule has 1 aromatic rings. The SMILES string of the molecule is CC1(C)CCCN(C(=O)Nc2cccc(Cl)c2)C1C(=O)O. The van der Waals surface area contributed by atoms with Crippen LogP contribution in [0.4, 0.5) is 10.5 Å². The fourth-order valence-electron chi connectivity index (χ4n) is 2.84. The minimum absolute atomic E-state index is 0.405. The van der Waals surface area contributed by atoms with Gasteiger partial charge in [0.05, 0.1) is 0 Å². The highest BCUT2D eigenvalue weighted by Gasteiger charge is 2.44. The Morgan fingerprint density at radius 1 is 1.43 bits per heavy atom. The molecule has 0 saturated carbocycles. The number of hydrogen-bond donors (Lipinski definition) is 2. The normalized spacial score (nSPS) is 20.9. The third-order valence-corrected chi connectivity index (χ3v) is 4.08. The van der Waals surface area contributed by atoms with Crippen molar-refractivity contribution in [2.75, 3.05) is 11.9 Å². The van der Waals surface area contributed by atoms with Crippen molar-refractivity contribution in [3.05, 3.63) is 29.3 Å². The highest BCUT2D eigenvalue weighted by Crippen LogP contribution is 2.35. The Labute approximate surface area is 128 Å². The first-order chi connectivity index (χ1) is 9.81. The van der Waals surface area contributed by atoms with Crippen LogP contribution in [0.3, 0.4) is 0 Å². The molecule has 1 aliphatic heterocycles. The van der Waals surface area contributed by atoms with E-state index in [0.29, 0.717) is 17.3 Å². The van der Waals surface area contributed by atoms with Crippen LogP contribution in [0, 0.1) is 5.41 Å². The lowest BCUT2D eigenvalue weighted by atomic mass is 9.76. The molecule has 114 valence electrons. The van der Waals surface area contributed by atoms with Crippen LogP contribution in [-0.2, 0) is 4.79 Å². The summed E-state index contributed by atoms with van der Waals surface area (Å²) in [6.07, 6.45) is 1.57. The van der Waals surface area contributed by atoms with Gasteiger partial charge in [-0.15, -0.1) is 0 Å². The van der Waals surface area contributed by atoms with Crippen molar-refractivity contribution in [3.8, 4) is 0 Å². The van der Waals surface area contributed by atoms with E-state index in [0.717, 1.165) is 12.8 Å². The molecule has 5 nitrogen and oxygen atoms in total. The standard InChI is InChI=1S/C15H19ClN2O3/c1-15(2)7-4-8-18(12(15)13(19)20)14(21)17-11-6-3-5-10(16)9-11/h3,5-6,9,12H,4,7-8H2,1-2H3,(H,17,21)(H,19,20). The molecule has 1 heterocycles. The van der Waals surface area contributed by atoms with Crippen LogP contribution in [0.5, 0.6) is 0 Å². The van der Waals surface area contributed by atoms with Crippen molar-refractivity contribution < 1.29 is 14.7 Å². The molecular formula is C15H19ClN2O3. The van der Waals surface area contributed by atoms with Gasteiger partial charge in [-0.25, -0.2) is 9.59 Å². The first-order valence-corrected chi connectivity index (χ1v) is 7.25. The summed E-state index contributed by atoms with van der Waals surface area (Å²) in [6.45, 7) is 4.20. The number of nitrogens with one attached hydrogen (secondary N) is 1. The van der Waals surface area contributed by atoms with Gasteiger partial charge in [-0.3, -0.25) is 0 Å². The molecule has 21 heavy (non-hydrogen) atoms. The van der Waals surface area contributed by atoms with E-state index < -0.39 is 23.5 Å². The molecule has 2 amide bonds. The number of hydrogen-bond acceptors (Lipinski definition) is 2. The smallest absolute Gasteiger partial charge is 0.327 e. The number of carbonyl (C=O) groups excluding carboxylic acids is 1. The third kappa shape index (κ3) is 3.47. The van der Waals surface area contributed by atoms with Crippen molar-refractivity contribution >= 4 is 29.3 Å². The van der Waals surface area contributed by atoms with E-state index in [4.69, 9.17) is 11.6 Å². The van der Waals surface area contributed by atoms with Crippen molar-refractivity contribution in [2.45, 2.75) is 32.7 Å². The van der Waals surface area contributed by atoms with Gasteiger partial charge in [-0.2, -0.15) is 0 Å². The second-order valence-corrected chi connectivity index (χ2v) is 6.40. The third-order valence-electron chi connectivity index (χ3n) is 3.84. The molecule has 1 unspecified atom stereocenters. The average molecular weight is 311 g/mol. The lowest BCUT2D eigenvalue weighted by molar-refractivity contribution is -0.148. The number of urea groups is 1. The summed E-state index contributed by atoms with van der Waals surface area (Å²) in [6, 6.07) is 5.55. The first-order valence-electron chi connectivity index (χ1n) is 6.87. The van der Waals surface area contributed by atoms with E-state index in [2.05, 4.69) is 5.32 Å². The predicted molar refractivity (Wildman–Crippen MR) is 81.6 cm³/mol. The van der Waals surface area contributed by atoms with Gasteiger partial charge in [0.25, 0.3) is 0 Å². The highest BCUT2D eigenvalue weighted by atomic mass is 35.5. The molecule has 1 saturated heterocycles. The quantitative estimate of drug-likeness (QED) is 0.879. The van der Waals surface area contributed by atoms with E-state index in [1.54, 1.807) is 24.3 Å². The molecule has 1 aliphatic rings. The molecule has 2 rings (SSSR count). The van der Waals surface area contributed by atoms with E-state index in [1.807, 2.05) is 13.8 Å². The number of halogens is 1. The maximum Gasteiger partial charge on any atom is 0.327 e. The number of likely N-dealkylation sites (tertiary alicyclic amines) is 1. The van der Waals surface area contributed by atoms with Crippen LogP contribution in [0.25, 0.3) is 0 Å². The zero-order valence-electron chi connectivity index (χ0n) is 12.1. The number of rotatable bonds is 2. The fourth-order valence-corrected chi connectivity index (χ4v) is 3.03. The van der Waals surface area contributed by atoms with Gasteiger partial charge in [0, 0.05) is 17.3 Å². The van der Waals surface area contributed by atoms with Gasteiger partial charge >= 0.3 is 12.0 Å². The lowest BCUT2D eigenvalue weighted by Gasteiger charge is -2.43. The lowest BCUT2D eigenvalue weighted by Crippen LogP contribution is -2.57. The van der Waals surface area contributed by atoms with Gasteiger partial charge in [0.15, 0.2) is 0 Å². The number of nitrogens with zero attached hydrogens (tertiary/aromatic N) is 1. The van der Waals surface area contributed by atoms with Crippen LogP contribution in [0.2, 0.25) is 5.02 Å². The second-order valence-electron chi connectivity index (χ2n) is 5.97. The van der Waals surface area contributed by atoms with E-state index >= 15 is 0 Å². The second kappa shape index (κ2) is 5.93. The van der Waals surface area contributed by atoms with Crippen molar-refractivity contribution in [3.63, 3.8) is 0 Å². The number of piperidine rings is 1. The maximum atomic E-state index is 12.4. The number of carboxylic acid groups (broad SMARTS) is 1. The van der Waals surface area contributed by atoms with Crippen LogP contribution >= 0.6 is 11.6 Å². The molecule has 1 aromatic carbocycles. The molecule has 1 atom stereocenters. The molecule has 0 spiro atoms. The van der Waals surface area contributed by atoms with Crippen molar-refractivity contribution in [1.82, 2.24) is 4.90 Å². The zero-order valence-corrected chi connectivity index (χ0v) is 12.9. The molecule has 0 radical (unpaired) electrons. The summed E-state index contributed by atoms with van der Waals surface area (Å²) in [5, 5.41) is 12.7. The molecular weight excluding hydrogens is 292 g/mol. The van der Waals surface area contributed by atoms with Gasteiger partial charge in [-0.05, 0) is 36.5 Å². The minimum atomic E-state index is -0.971. The Morgan fingerprint density at radius 3 is 2.76 bits per heavy atom. The first kappa shape index (κ1) is 15.6. The van der Waals surface area contributed by atoms with Crippen LogP contribution in [0.1, 0.15) is 26.7 Å². The summed E-state index contributed by atoms with van der Waals surface area (Å²) in [5.74, 6) is -0.971. The molecule has 0 aliphatic carbocycles. The summed E-state index contributed by atoms with van der Waals surface area (Å²) in [4.78, 5) is 25.3. The zero-order chi connectivity index (χ0) is 15.6. The Bertz CT molecular complexity index is 560. The molecule has 0 aromatic heterocycles. The van der Waals surface area contributed by atoms with Crippen LogP contribution in [-0.4, -0.2) is 34.6 Å². The Hall–Kier alpha value is -1.75. The number of aliphatic carboxylic acids is 1. The van der Waals surface area contributed by atoms with Gasteiger partial charge < -0.3 is 15.3 Å². The Morgan fingerprint density at radius 2 is 2.14 bits per heavy atom. The molecule has 2 N–H and O–H groups in total. The number of benzene rings is 1. The Kier molecular flexibility index (Phi) is 4.42. The van der Waals surface area contributed by atoms with E-state index in [-0.39, 0.29) is 0 Å². The summed E-state index contributed by atoms with van der Waals surface area (Å²) in [7, 11) is 0. The van der Waals surface area contributed by atoms with E-state index in [1.165, 1.54) is 4.90 Å². The molecule has 0 bridgehead atoms. The van der Waals surface area contributed by atoms with Gasteiger partial charge in [0.1, 0.15) is 6.04 Å². The summed E-state index contributed by atoms with van der Waals surface area (Å²) >= 11 is 5.88. The fraction of sp³-hybridized carbons (Fsp3) is 0.467. The predicted octanol–water partition coefficient (Wildman–Crippen LogP) is 3.45. The number of amides is 2. The van der Waals surface area contributed by atoms with Gasteiger partial charge in [0.2, 0.25) is 0 Å². The largest absolute Gasteiger partial charge is 0.480 e. The van der Waals surface area contributed by atoms with Crippen LogP contribution in [0.15, 0.2) is 24.3 Å². The molecule has 1 fully saturated rings. The van der Waals surface area contributed by atoms with Gasteiger partial charge in [-0.1, -0.05) is 31.5 Å².